The number of rotatable bonds is 5. The SMILES string of the molecule is CC(C)Cn1nccc1C1(CCN)CC1. The molecule has 3 heteroatoms. The van der Waals surface area contributed by atoms with Crippen molar-refractivity contribution in [1.29, 1.82) is 0 Å². The summed E-state index contributed by atoms with van der Waals surface area (Å²) < 4.78 is 2.17. The fraction of sp³-hybridized carbons (Fsp3) is 0.750. The lowest BCUT2D eigenvalue weighted by molar-refractivity contribution is 0.443. The molecule has 84 valence electrons. The summed E-state index contributed by atoms with van der Waals surface area (Å²) in [7, 11) is 0. The molecule has 2 N–H and O–H groups in total. The molecule has 0 unspecified atom stereocenters. The molecule has 1 saturated carbocycles. The van der Waals surface area contributed by atoms with Gasteiger partial charge in [-0.25, -0.2) is 0 Å². The largest absolute Gasteiger partial charge is 0.330 e. The Bertz CT molecular complexity index is 323. The molecule has 15 heavy (non-hydrogen) atoms. The highest BCUT2D eigenvalue weighted by atomic mass is 15.3. The van der Waals surface area contributed by atoms with Crippen LogP contribution in [0.3, 0.4) is 0 Å². The Hall–Kier alpha value is -0.830. The minimum Gasteiger partial charge on any atom is -0.330 e. The first kappa shape index (κ1) is 10.7. The van der Waals surface area contributed by atoms with Crippen LogP contribution >= 0.6 is 0 Å². The van der Waals surface area contributed by atoms with Crippen LogP contribution in [0.1, 0.15) is 38.8 Å². The fourth-order valence-electron chi connectivity index (χ4n) is 2.34. The van der Waals surface area contributed by atoms with Crippen molar-refractivity contribution in [3.8, 4) is 0 Å². The highest BCUT2D eigenvalue weighted by Gasteiger charge is 2.45. The van der Waals surface area contributed by atoms with E-state index >= 15 is 0 Å². The first-order chi connectivity index (χ1) is 7.18. The van der Waals surface area contributed by atoms with Gasteiger partial charge in [0.15, 0.2) is 0 Å². The maximum Gasteiger partial charge on any atom is 0.0492 e. The van der Waals surface area contributed by atoms with E-state index in [-0.39, 0.29) is 0 Å². The predicted molar refractivity (Wildman–Crippen MR) is 61.6 cm³/mol. The third-order valence-electron chi connectivity index (χ3n) is 3.27. The first-order valence-corrected chi connectivity index (χ1v) is 5.90. The quantitative estimate of drug-likeness (QED) is 0.801. The van der Waals surface area contributed by atoms with Crippen molar-refractivity contribution < 1.29 is 0 Å². The second kappa shape index (κ2) is 3.97. The van der Waals surface area contributed by atoms with Gasteiger partial charge < -0.3 is 5.73 Å². The van der Waals surface area contributed by atoms with Gasteiger partial charge in [0, 0.05) is 23.9 Å². The normalized spacial score (nSPS) is 18.4. The van der Waals surface area contributed by atoms with Crippen molar-refractivity contribution in [1.82, 2.24) is 9.78 Å². The predicted octanol–water partition coefficient (Wildman–Crippen LogP) is 1.92. The van der Waals surface area contributed by atoms with Crippen LogP contribution < -0.4 is 5.73 Å². The van der Waals surface area contributed by atoms with Gasteiger partial charge >= 0.3 is 0 Å². The van der Waals surface area contributed by atoms with Crippen molar-refractivity contribution in [2.24, 2.45) is 11.7 Å². The van der Waals surface area contributed by atoms with Crippen LogP contribution in [0.25, 0.3) is 0 Å². The van der Waals surface area contributed by atoms with Crippen molar-refractivity contribution in [2.75, 3.05) is 6.54 Å². The van der Waals surface area contributed by atoms with Crippen molar-refractivity contribution in [3.05, 3.63) is 18.0 Å². The Morgan fingerprint density at radius 1 is 1.53 bits per heavy atom. The van der Waals surface area contributed by atoms with Gasteiger partial charge in [-0.2, -0.15) is 5.10 Å². The standard InChI is InChI=1S/C12H21N3/c1-10(2)9-15-11(3-8-14-15)12(4-5-12)6-7-13/h3,8,10H,4-7,9,13H2,1-2H3. The van der Waals surface area contributed by atoms with Gasteiger partial charge in [-0.15, -0.1) is 0 Å². The van der Waals surface area contributed by atoms with E-state index in [2.05, 4.69) is 29.7 Å². The van der Waals surface area contributed by atoms with Crippen LogP contribution in [0, 0.1) is 5.92 Å². The lowest BCUT2D eigenvalue weighted by atomic mass is 9.98. The van der Waals surface area contributed by atoms with E-state index in [1.807, 2.05) is 6.20 Å². The fourth-order valence-corrected chi connectivity index (χ4v) is 2.34. The highest BCUT2D eigenvalue weighted by molar-refractivity contribution is 5.24. The molecular weight excluding hydrogens is 186 g/mol. The number of aromatic nitrogens is 2. The lowest BCUT2D eigenvalue weighted by Gasteiger charge is -2.17. The number of hydrogen-bond acceptors (Lipinski definition) is 2. The molecular formula is C12H21N3. The Labute approximate surface area is 91.7 Å². The number of nitrogens with two attached hydrogens (primary N) is 1. The average molecular weight is 207 g/mol. The second-order valence-corrected chi connectivity index (χ2v) is 5.11. The smallest absolute Gasteiger partial charge is 0.0492 e. The molecule has 0 saturated heterocycles. The summed E-state index contributed by atoms with van der Waals surface area (Å²) in [5.74, 6) is 0.650. The Morgan fingerprint density at radius 3 is 2.80 bits per heavy atom. The first-order valence-electron chi connectivity index (χ1n) is 5.90. The molecule has 0 spiro atoms. The van der Waals surface area contributed by atoms with Crippen LogP contribution in [-0.4, -0.2) is 16.3 Å². The molecule has 0 amide bonds. The molecule has 0 aromatic carbocycles. The lowest BCUT2D eigenvalue weighted by Crippen LogP contribution is -2.20. The molecule has 0 atom stereocenters. The zero-order valence-electron chi connectivity index (χ0n) is 9.74. The zero-order chi connectivity index (χ0) is 10.9. The van der Waals surface area contributed by atoms with E-state index in [0.717, 1.165) is 19.5 Å². The molecule has 3 nitrogen and oxygen atoms in total. The van der Waals surface area contributed by atoms with Gasteiger partial charge in [-0.05, 0) is 37.8 Å². The average Bonchev–Trinajstić information content (AvgIpc) is 2.78. The van der Waals surface area contributed by atoms with Crippen molar-refractivity contribution in [3.63, 3.8) is 0 Å². The molecule has 2 rings (SSSR count). The molecule has 0 aliphatic heterocycles. The van der Waals surface area contributed by atoms with E-state index in [9.17, 15) is 0 Å². The van der Waals surface area contributed by atoms with Gasteiger partial charge in [-0.1, -0.05) is 13.8 Å². The molecule has 0 bridgehead atoms. The van der Waals surface area contributed by atoms with Crippen molar-refractivity contribution in [2.45, 2.75) is 45.1 Å². The summed E-state index contributed by atoms with van der Waals surface area (Å²) >= 11 is 0. The Kier molecular flexibility index (Phi) is 2.83. The van der Waals surface area contributed by atoms with Gasteiger partial charge in [-0.3, -0.25) is 4.68 Å². The molecule has 1 heterocycles. The third kappa shape index (κ3) is 2.07. The van der Waals surface area contributed by atoms with E-state index < -0.39 is 0 Å². The van der Waals surface area contributed by atoms with E-state index in [4.69, 9.17) is 5.73 Å². The summed E-state index contributed by atoms with van der Waals surface area (Å²) in [5.41, 5.74) is 7.46. The summed E-state index contributed by atoms with van der Waals surface area (Å²) in [6.45, 7) is 6.27. The Morgan fingerprint density at radius 2 is 2.27 bits per heavy atom. The van der Waals surface area contributed by atoms with Crippen molar-refractivity contribution >= 4 is 0 Å². The van der Waals surface area contributed by atoms with Crippen LogP contribution in [0.2, 0.25) is 0 Å². The summed E-state index contributed by atoms with van der Waals surface area (Å²) in [6, 6.07) is 2.17. The van der Waals surface area contributed by atoms with Gasteiger partial charge in [0.2, 0.25) is 0 Å². The van der Waals surface area contributed by atoms with Crippen LogP contribution in [0.5, 0.6) is 0 Å². The Balaban J connectivity index is 2.17. The van der Waals surface area contributed by atoms with E-state index in [0.29, 0.717) is 11.3 Å². The molecule has 1 aromatic heterocycles. The molecule has 1 aromatic rings. The van der Waals surface area contributed by atoms with E-state index in [1.54, 1.807) is 0 Å². The molecule has 0 radical (unpaired) electrons. The minimum atomic E-state index is 0.375. The van der Waals surface area contributed by atoms with Gasteiger partial charge in [0.1, 0.15) is 0 Å². The summed E-state index contributed by atoms with van der Waals surface area (Å²) in [4.78, 5) is 0. The third-order valence-corrected chi connectivity index (χ3v) is 3.27. The number of nitrogens with zero attached hydrogens (tertiary/aromatic N) is 2. The monoisotopic (exact) mass is 207 g/mol. The van der Waals surface area contributed by atoms with Crippen LogP contribution in [-0.2, 0) is 12.0 Å². The zero-order valence-corrected chi connectivity index (χ0v) is 9.74. The van der Waals surface area contributed by atoms with Crippen LogP contribution in [0.15, 0.2) is 12.3 Å². The molecule has 1 aliphatic carbocycles. The second-order valence-electron chi connectivity index (χ2n) is 5.11. The maximum atomic E-state index is 5.68. The molecule has 1 fully saturated rings. The van der Waals surface area contributed by atoms with Crippen LogP contribution in [0.4, 0.5) is 0 Å². The molecule has 1 aliphatic rings. The van der Waals surface area contributed by atoms with E-state index in [1.165, 1.54) is 18.5 Å². The summed E-state index contributed by atoms with van der Waals surface area (Å²) in [6.07, 6.45) is 5.60. The highest BCUT2D eigenvalue weighted by Crippen LogP contribution is 2.50. The number of hydrogen-bond donors (Lipinski definition) is 1. The van der Waals surface area contributed by atoms with Gasteiger partial charge in [0.25, 0.3) is 0 Å². The topological polar surface area (TPSA) is 43.8 Å². The maximum absolute atomic E-state index is 5.68. The van der Waals surface area contributed by atoms with Gasteiger partial charge in [0.05, 0.1) is 0 Å². The minimum absolute atomic E-state index is 0.375. The summed E-state index contributed by atoms with van der Waals surface area (Å²) in [5, 5.41) is 4.42.